The SMILES string of the molecule is CC1(C)CC(=O)C(c2ccccc2Cl)C(=O)C1. The highest BCUT2D eigenvalue weighted by Gasteiger charge is 2.40. The third kappa shape index (κ3) is 2.42. The second kappa shape index (κ2) is 4.26. The number of rotatable bonds is 1. The van der Waals surface area contributed by atoms with E-state index in [0.29, 0.717) is 23.4 Å². The fraction of sp³-hybridized carbons (Fsp3) is 0.429. The van der Waals surface area contributed by atoms with Crippen molar-refractivity contribution in [2.45, 2.75) is 32.6 Å². The van der Waals surface area contributed by atoms with Gasteiger partial charge in [0.25, 0.3) is 0 Å². The lowest BCUT2D eigenvalue weighted by molar-refractivity contribution is -0.135. The van der Waals surface area contributed by atoms with Crippen LogP contribution in [0.25, 0.3) is 0 Å². The van der Waals surface area contributed by atoms with Crippen LogP contribution in [-0.4, -0.2) is 11.6 Å². The number of benzene rings is 1. The first-order chi connectivity index (χ1) is 7.91. The molecule has 0 unspecified atom stereocenters. The molecular formula is C14H15ClO2. The highest BCUT2D eigenvalue weighted by Crippen LogP contribution is 2.39. The summed E-state index contributed by atoms with van der Waals surface area (Å²) in [4.78, 5) is 24.2. The number of ketones is 2. The Morgan fingerprint density at radius 1 is 1.12 bits per heavy atom. The van der Waals surface area contributed by atoms with E-state index in [0.717, 1.165) is 0 Å². The topological polar surface area (TPSA) is 34.1 Å². The smallest absolute Gasteiger partial charge is 0.148 e. The highest BCUT2D eigenvalue weighted by atomic mass is 35.5. The molecule has 0 amide bonds. The lowest BCUT2D eigenvalue weighted by Gasteiger charge is -2.32. The van der Waals surface area contributed by atoms with E-state index in [9.17, 15) is 9.59 Å². The van der Waals surface area contributed by atoms with Crippen molar-refractivity contribution in [1.29, 1.82) is 0 Å². The molecule has 0 aromatic heterocycles. The number of carbonyl (C=O) groups is 2. The molecule has 17 heavy (non-hydrogen) atoms. The van der Waals surface area contributed by atoms with Crippen molar-refractivity contribution in [3.8, 4) is 0 Å². The molecule has 1 aromatic rings. The third-order valence-electron chi connectivity index (χ3n) is 3.17. The van der Waals surface area contributed by atoms with Gasteiger partial charge < -0.3 is 0 Å². The van der Waals surface area contributed by atoms with Gasteiger partial charge in [-0.25, -0.2) is 0 Å². The molecule has 90 valence electrons. The van der Waals surface area contributed by atoms with Crippen molar-refractivity contribution in [3.63, 3.8) is 0 Å². The summed E-state index contributed by atoms with van der Waals surface area (Å²) in [6, 6.07) is 7.09. The Labute approximate surface area is 106 Å². The number of hydrogen-bond donors (Lipinski definition) is 0. The van der Waals surface area contributed by atoms with Crippen LogP contribution < -0.4 is 0 Å². The second-order valence-corrected chi connectivity index (χ2v) is 5.81. The molecule has 1 aliphatic carbocycles. The van der Waals surface area contributed by atoms with E-state index < -0.39 is 5.92 Å². The fourth-order valence-corrected chi connectivity index (χ4v) is 2.69. The molecule has 0 saturated heterocycles. The van der Waals surface area contributed by atoms with Gasteiger partial charge in [-0.3, -0.25) is 9.59 Å². The Bertz CT molecular complexity index is 457. The summed E-state index contributed by atoms with van der Waals surface area (Å²) in [7, 11) is 0. The molecule has 0 radical (unpaired) electrons. The van der Waals surface area contributed by atoms with Crippen LogP contribution in [0.2, 0.25) is 5.02 Å². The first-order valence-electron chi connectivity index (χ1n) is 5.70. The molecule has 0 atom stereocenters. The Morgan fingerprint density at radius 3 is 2.18 bits per heavy atom. The van der Waals surface area contributed by atoms with Gasteiger partial charge in [0.1, 0.15) is 17.5 Å². The first-order valence-corrected chi connectivity index (χ1v) is 6.08. The molecule has 1 saturated carbocycles. The Hall–Kier alpha value is -1.15. The summed E-state index contributed by atoms with van der Waals surface area (Å²) >= 11 is 6.05. The van der Waals surface area contributed by atoms with Crippen molar-refractivity contribution in [1.82, 2.24) is 0 Å². The van der Waals surface area contributed by atoms with E-state index in [1.54, 1.807) is 18.2 Å². The average molecular weight is 251 g/mol. The zero-order valence-electron chi connectivity index (χ0n) is 10.00. The van der Waals surface area contributed by atoms with Crippen LogP contribution in [0.15, 0.2) is 24.3 Å². The van der Waals surface area contributed by atoms with Crippen molar-refractivity contribution in [2.75, 3.05) is 0 Å². The molecule has 0 spiro atoms. The van der Waals surface area contributed by atoms with Crippen LogP contribution >= 0.6 is 11.6 Å². The quantitative estimate of drug-likeness (QED) is 0.716. The van der Waals surface area contributed by atoms with Gasteiger partial charge in [0, 0.05) is 17.9 Å². The largest absolute Gasteiger partial charge is 0.299 e. The van der Waals surface area contributed by atoms with Gasteiger partial charge >= 0.3 is 0 Å². The predicted octanol–water partition coefficient (Wildman–Crippen LogP) is 3.38. The normalized spacial score (nSPS) is 20.6. The molecule has 3 heteroatoms. The minimum Gasteiger partial charge on any atom is -0.299 e. The van der Waals surface area contributed by atoms with Crippen LogP contribution in [0, 0.1) is 5.41 Å². The molecule has 0 aliphatic heterocycles. The minimum absolute atomic E-state index is 0.0145. The van der Waals surface area contributed by atoms with E-state index in [2.05, 4.69) is 0 Å². The van der Waals surface area contributed by atoms with E-state index in [1.807, 2.05) is 19.9 Å². The number of hydrogen-bond acceptors (Lipinski definition) is 2. The van der Waals surface area contributed by atoms with E-state index in [4.69, 9.17) is 11.6 Å². The van der Waals surface area contributed by atoms with Crippen LogP contribution in [0.5, 0.6) is 0 Å². The maximum Gasteiger partial charge on any atom is 0.148 e. The van der Waals surface area contributed by atoms with Gasteiger partial charge in [0.2, 0.25) is 0 Å². The number of halogens is 1. The van der Waals surface area contributed by atoms with Crippen LogP contribution in [0.4, 0.5) is 0 Å². The molecular weight excluding hydrogens is 236 g/mol. The summed E-state index contributed by atoms with van der Waals surface area (Å²) in [5, 5.41) is 0.499. The zero-order chi connectivity index (χ0) is 12.6. The summed E-state index contributed by atoms with van der Waals surface area (Å²) in [5.41, 5.74) is 0.436. The molecule has 1 aliphatic rings. The van der Waals surface area contributed by atoms with Crippen LogP contribution in [-0.2, 0) is 9.59 Å². The van der Waals surface area contributed by atoms with Gasteiger partial charge in [-0.05, 0) is 17.0 Å². The summed E-state index contributed by atoms with van der Waals surface area (Å²) < 4.78 is 0. The van der Waals surface area contributed by atoms with Gasteiger partial charge in [0.05, 0.1) is 0 Å². The van der Waals surface area contributed by atoms with Crippen molar-refractivity contribution >= 4 is 23.2 Å². The molecule has 1 fully saturated rings. The van der Waals surface area contributed by atoms with Crippen LogP contribution in [0.1, 0.15) is 38.2 Å². The standard InChI is InChI=1S/C14H15ClO2/c1-14(2)7-11(16)13(12(17)8-14)9-5-3-4-6-10(9)15/h3-6,13H,7-8H2,1-2H3. The minimum atomic E-state index is -0.656. The molecule has 2 rings (SSSR count). The predicted molar refractivity (Wildman–Crippen MR) is 67.2 cm³/mol. The van der Waals surface area contributed by atoms with E-state index in [1.165, 1.54) is 0 Å². The van der Waals surface area contributed by atoms with Gasteiger partial charge in [-0.2, -0.15) is 0 Å². The maximum absolute atomic E-state index is 12.1. The number of carbonyl (C=O) groups excluding carboxylic acids is 2. The molecule has 0 bridgehead atoms. The molecule has 2 nitrogen and oxygen atoms in total. The summed E-state index contributed by atoms with van der Waals surface area (Å²) in [6.07, 6.45) is 0.878. The lowest BCUT2D eigenvalue weighted by Crippen LogP contribution is -2.36. The monoisotopic (exact) mass is 250 g/mol. The zero-order valence-corrected chi connectivity index (χ0v) is 10.8. The Morgan fingerprint density at radius 2 is 1.65 bits per heavy atom. The molecule has 1 aromatic carbocycles. The van der Waals surface area contributed by atoms with Gasteiger partial charge in [-0.1, -0.05) is 43.6 Å². The second-order valence-electron chi connectivity index (χ2n) is 5.40. The first kappa shape index (κ1) is 12.3. The van der Waals surface area contributed by atoms with E-state index in [-0.39, 0.29) is 17.0 Å². The molecule has 0 heterocycles. The number of Topliss-reactive ketones (excluding diaryl/α,β-unsaturated/α-hetero) is 2. The van der Waals surface area contributed by atoms with Crippen molar-refractivity contribution < 1.29 is 9.59 Å². The fourth-order valence-electron chi connectivity index (χ4n) is 2.45. The van der Waals surface area contributed by atoms with Crippen molar-refractivity contribution in [2.24, 2.45) is 5.41 Å². The third-order valence-corrected chi connectivity index (χ3v) is 3.51. The molecule has 0 N–H and O–H groups in total. The van der Waals surface area contributed by atoms with Crippen molar-refractivity contribution in [3.05, 3.63) is 34.9 Å². The van der Waals surface area contributed by atoms with Crippen LogP contribution in [0.3, 0.4) is 0 Å². The van der Waals surface area contributed by atoms with Gasteiger partial charge in [-0.15, -0.1) is 0 Å². The summed E-state index contributed by atoms with van der Waals surface area (Å²) in [5.74, 6) is -0.685. The van der Waals surface area contributed by atoms with E-state index >= 15 is 0 Å². The summed E-state index contributed by atoms with van der Waals surface area (Å²) in [6.45, 7) is 3.90. The maximum atomic E-state index is 12.1. The highest BCUT2D eigenvalue weighted by molar-refractivity contribution is 6.32. The van der Waals surface area contributed by atoms with Gasteiger partial charge in [0.15, 0.2) is 0 Å². The average Bonchev–Trinajstić information content (AvgIpc) is 2.17. The Kier molecular flexibility index (Phi) is 3.09. The lowest BCUT2D eigenvalue weighted by atomic mass is 9.70. The Balaban J connectivity index is 2.38.